The first kappa shape index (κ1) is 24.3. The van der Waals surface area contributed by atoms with Crippen LogP contribution in [-0.4, -0.2) is 17.0 Å². The number of carbonyl (C=O) groups is 1. The molecule has 0 aliphatic carbocycles. The summed E-state index contributed by atoms with van der Waals surface area (Å²) in [6.07, 6.45) is 1.75. The number of rotatable bonds is 9. The molecule has 35 heavy (non-hydrogen) atoms. The molecule has 0 atom stereocenters. The second kappa shape index (κ2) is 11.5. The fourth-order valence-corrected chi connectivity index (χ4v) is 3.62. The molecule has 0 radical (unpaired) electrons. The third-order valence-electron chi connectivity index (χ3n) is 5.23. The molecule has 4 aromatic rings. The predicted octanol–water partition coefficient (Wildman–Crippen LogP) is 6.95. The second-order valence-electron chi connectivity index (χ2n) is 8.33. The van der Waals surface area contributed by atoms with Gasteiger partial charge in [-0.3, -0.25) is 9.69 Å². The van der Waals surface area contributed by atoms with Crippen molar-refractivity contribution in [1.82, 2.24) is 4.98 Å². The van der Waals surface area contributed by atoms with Gasteiger partial charge in [-0.25, -0.2) is 4.98 Å². The molecular weight excluding hydrogens is 460 g/mol. The molecule has 0 saturated heterocycles. The van der Waals surface area contributed by atoms with Crippen molar-refractivity contribution in [3.05, 3.63) is 119 Å². The van der Waals surface area contributed by atoms with Gasteiger partial charge in [0, 0.05) is 16.8 Å². The fraction of sp³-hybridized carbons (Fsp3) is 0.172. The largest absolute Gasteiger partial charge is 0.491 e. The molecule has 0 unspecified atom stereocenters. The molecule has 0 spiro atoms. The van der Waals surface area contributed by atoms with Crippen molar-refractivity contribution in [1.29, 1.82) is 0 Å². The van der Waals surface area contributed by atoms with E-state index in [1.165, 1.54) is 0 Å². The first-order valence-electron chi connectivity index (χ1n) is 11.4. The minimum Gasteiger partial charge on any atom is -0.491 e. The SMILES string of the molecule is CC(C)Oc1ccc(C(=O)N(Cc2ccc(OCc3ccc(Cl)cc3)cc2)c2ccccn2)cc1. The number of nitrogens with zero attached hydrogens (tertiary/aromatic N) is 2. The fourth-order valence-electron chi connectivity index (χ4n) is 3.50. The minimum atomic E-state index is -0.136. The maximum Gasteiger partial charge on any atom is 0.259 e. The molecule has 178 valence electrons. The lowest BCUT2D eigenvalue weighted by Crippen LogP contribution is -2.31. The van der Waals surface area contributed by atoms with Crippen molar-refractivity contribution in [3.63, 3.8) is 0 Å². The van der Waals surface area contributed by atoms with Gasteiger partial charge in [-0.2, -0.15) is 0 Å². The average molecular weight is 487 g/mol. The summed E-state index contributed by atoms with van der Waals surface area (Å²) in [6, 6.07) is 28.0. The van der Waals surface area contributed by atoms with E-state index >= 15 is 0 Å². The Morgan fingerprint density at radius 2 is 1.51 bits per heavy atom. The van der Waals surface area contributed by atoms with Gasteiger partial charge in [0.2, 0.25) is 0 Å². The summed E-state index contributed by atoms with van der Waals surface area (Å²) in [7, 11) is 0. The van der Waals surface area contributed by atoms with Crippen LogP contribution in [0.4, 0.5) is 5.82 Å². The first-order valence-corrected chi connectivity index (χ1v) is 11.8. The highest BCUT2D eigenvalue weighted by Gasteiger charge is 2.19. The number of amides is 1. The van der Waals surface area contributed by atoms with Crippen LogP contribution in [0.1, 0.15) is 35.3 Å². The van der Waals surface area contributed by atoms with Crippen LogP contribution in [0.15, 0.2) is 97.2 Å². The van der Waals surface area contributed by atoms with E-state index in [9.17, 15) is 4.79 Å². The molecule has 0 saturated carbocycles. The van der Waals surface area contributed by atoms with Crippen molar-refractivity contribution < 1.29 is 14.3 Å². The van der Waals surface area contributed by atoms with Gasteiger partial charge in [-0.1, -0.05) is 41.9 Å². The van der Waals surface area contributed by atoms with Gasteiger partial charge in [0.05, 0.1) is 12.6 Å². The summed E-state index contributed by atoms with van der Waals surface area (Å²) >= 11 is 5.94. The van der Waals surface area contributed by atoms with Crippen LogP contribution in [-0.2, 0) is 13.2 Å². The van der Waals surface area contributed by atoms with Crippen LogP contribution in [0, 0.1) is 0 Å². The number of pyridine rings is 1. The third-order valence-corrected chi connectivity index (χ3v) is 5.48. The monoisotopic (exact) mass is 486 g/mol. The van der Waals surface area contributed by atoms with E-state index in [2.05, 4.69) is 4.98 Å². The number of hydrogen-bond donors (Lipinski definition) is 0. The van der Waals surface area contributed by atoms with Gasteiger partial charge in [0.25, 0.3) is 5.91 Å². The van der Waals surface area contributed by atoms with Crippen LogP contribution in [0.3, 0.4) is 0 Å². The van der Waals surface area contributed by atoms with E-state index in [1.807, 2.05) is 92.7 Å². The summed E-state index contributed by atoms with van der Waals surface area (Å²) < 4.78 is 11.6. The Hall–Kier alpha value is -3.83. The summed E-state index contributed by atoms with van der Waals surface area (Å²) in [6.45, 7) is 4.76. The standard InChI is InChI=1S/C29H27ClN2O3/c1-21(2)35-27-16-10-24(11-17-27)29(33)32(28-5-3-4-18-31-28)19-22-8-14-26(15-9-22)34-20-23-6-12-25(30)13-7-23/h3-18,21H,19-20H2,1-2H3. The van der Waals surface area contributed by atoms with Crippen LogP contribution >= 0.6 is 11.6 Å². The zero-order valence-corrected chi connectivity index (χ0v) is 20.5. The minimum absolute atomic E-state index is 0.0692. The van der Waals surface area contributed by atoms with Gasteiger partial charge in [-0.05, 0) is 85.6 Å². The number of benzene rings is 3. The van der Waals surface area contributed by atoms with E-state index in [0.717, 1.165) is 22.6 Å². The normalized spacial score (nSPS) is 10.7. The smallest absolute Gasteiger partial charge is 0.259 e. The summed E-state index contributed by atoms with van der Waals surface area (Å²) in [5.74, 6) is 1.93. The van der Waals surface area contributed by atoms with Gasteiger partial charge in [0.15, 0.2) is 0 Å². The van der Waals surface area contributed by atoms with Crippen molar-refractivity contribution in [2.75, 3.05) is 4.90 Å². The van der Waals surface area contributed by atoms with E-state index < -0.39 is 0 Å². The lowest BCUT2D eigenvalue weighted by Gasteiger charge is -2.22. The molecule has 1 aromatic heterocycles. The summed E-state index contributed by atoms with van der Waals surface area (Å²) in [5.41, 5.74) is 2.56. The third kappa shape index (κ3) is 6.84. The second-order valence-corrected chi connectivity index (χ2v) is 8.77. The zero-order chi connectivity index (χ0) is 24.6. The molecule has 0 bridgehead atoms. The molecule has 5 nitrogen and oxygen atoms in total. The van der Waals surface area contributed by atoms with Gasteiger partial charge in [0.1, 0.15) is 23.9 Å². The topological polar surface area (TPSA) is 51.7 Å². The Morgan fingerprint density at radius 1 is 0.857 bits per heavy atom. The highest BCUT2D eigenvalue weighted by atomic mass is 35.5. The van der Waals surface area contributed by atoms with Crippen LogP contribution in [0.2, 0.25) is 5.02 Å². The Labute approximate surface area is 210 Å². The van der Waals surface area contributed by atoms with Crippen molar-refractivity contribution in [3.8, 4) is 11.5 Å². The Bertz CT molecular complexity index is 1230. The van der Waals surface area contributed by atoms with Crippen molar-refractivity contribution in [2.45, 2.75) is 33.1 Å². The number of hydrogen-bond acceptors (Lipinski definition) is 4. The summed E-state index contributed by atoms with van der Waals surface area (Å²) in [4.78, 5) is 19.5. The van der Waals surface area contributed by atoms with E-state index in [4.69, 9.17) is 21.1 Å². The Balaban J connectivity index is 1.47. The maximum atomic E-state index is 13.4. The van der Waals surface area contributed by atoms with Gasteiger partial charge >= 0.3 is 0 Å². The molecule has 4 rings (SSSR count). The molecule has 6 heteroatoms. The molecule has 0 aliphatic heterocycles. The lowest BCUT2D eigenvalue weighted by molar-refractivity contribution is 0.0984. The van der Waals surface area contributed by atoms with Crippen LogP contribution < -0.4 is 14.4 Å². The van der Waals surface area contributed by atoms with Crippen LogP contribution in [0.5, 0.6) is 11.5 Å². The highest BCUT2D eigenvalue weighted by Crippen LogP contribution is 2.22. The zero-order valence-electron chi connectivity index (χ0n) is 19.7. The number of anilines is 1. The number of halogens is 1. The van der Waals surface area contributed by atoms with E-state index in [0.29, 0.717) is 29.6 Å². The molecule has 1 heterocycles. The average Bonchev–Trinajstić information content (AvgIpc) is 2.88. The van der Waals surface area contributed by atoms with Crippen molar-refractivity contribution in [2.24, 2.45) is 0 Å². The quantitative estimate of drug-likeness (QED) is 0.257. The Morgan fingerprint density at radius 3 is 2.14 bits per heavy atom. The van der Waals surface area contributed by atoms with Crippen LogP contribution in [0.25, 0.3) is 0 Å². The first-order chi connectivity index (χ1) is 17.0. The molecule has 0 fully saturated rings. The number of ether oxygens (including phenoxy) is 2. The Kier molecular flexibility index (Phi) is 8.01. The van der Waals surface area contributed by atoms with Gasteiger partial charge in [-0.15, -0.1) is 0 Å². The van der Waals surface area contributed by atoms with E-state index in [1.54, 1.807) is 23.2 Å². The van der Waals surface area contributed by atoms with Crippen molar-refractivity contribution >= 4 is 23.3 Å². The maximum absolute atomic E-state index is 13.4. The molecule has 1 amide bonds. The summed E-state index contributed by atoms with van der Waals surface area (Å²) in [5, 5.41) is 0.699. The predicted molar refractivity (Wildman–Crippen MR) is 139 cm³/mol. The van der Waals surface area contributed by atoms with Gasteiger partial charge < -0.3 is 9.47 Å². The molecular formula is C29H27ClN2O3. The number of carbonyl (C=O) groups excluding carboxylic acids is 1. The lowest BCUT2D eigenvalue weighted by atomic mass is 10.1. The van der Waals surface area contributed by atoms with E-state index in [-0.39, 0.29) is 12.0 Å². The molecule has 3 aromatic carbocycles. The molecule has 0 aliphatic rings. The number of aromatic nitrogens is 1. The molecule has 0 N–H and O–H groups in total. The highest BCUT2D eigenvalue weighted by molar-refractivity contribution is 6.30.